The van der Waals surface area contributed by atoms with E-state index in [9.17, 15) is 5.11 Å². The molecule has 0 bridgehead atoms. The van der Waals surface area contributed by atoms with Gasteiger partial charge in [-0.25, -0.2) is 0 Å². The number of hydrogen-bond donors (Lipinski definition) is 1. The molecule has 3 nitrogen and oxygen atoms in total. The maximum Gasteiger partial charge on any atom is 0.134 e. The van der Waals surface area contributed by atoms with E-state index in [1.165, 1.54) is 0 Å². The lowest BCUT2D eigenvalue weighted by molar-refractivity contribution is 0.181. The minimum atomic E-state index is -0.806. The Morgan fingerprint density at radius 3 is 2.67 bits per heavy atom. The van der Waals surface area contributed by atoms with Gasteiger partial charge in [0, 0.05) is 16.1 Å². The van der Waals surface area contributed by atoms with Crippen LogP contribution in [0, 0.1) is 18.3 Å². The zero-order chi connectivity index (χ0) is 13.1. The first kappa shape index (κ1) is 12.7. The van der Waals surface area contributed by atoms with Crippen LogP contribution in [-0.4, -0.2) is 5.11 Å². The molecular weight excluding hydrogens is 250 g/mol. The molecule has 1 unspecified atom stereocenters. The molecule has 0 radical (unpaired) electrons. The van der Waals surface area contributed by atoms with Gasteiger partial charge in [0.2, 0.25) is 0 Å². The van der Waals surface area contributed by atoms with Gasteiger partial charge in [-0.05, 0) is 37.3 Å². The number of benzene rings is 1. The van der Waals surface area contributed by atoms with Gasteiger partial charge in [0.25, 0.3) is 0 Å². The molecule has 18 heavy (non-hydrogen) atoms. The van der Waals surface area contributed by atoms with Gasteiger partial charge in [-0.3, -0.25) is 0 Å². The molecule has 1 atom stereocenters. The Balaban J connectivity index is 2.34. The highest BCUT2D eigenvalue weighted by Crippen LogP contribution is 2.30. The number of aryl methyl sites for hydroxylation is 1. The Hall–Kier alpha value is -1.76. The third kappa shape index (κ3) is 2.56. The summed E-state index contributed by atoms with van der Waals surface area (Å²) >= 11 is 5.82. The predicted molar refractivity (Wildman–Crippen MR) is 69.1 cm³/mol. The summed E-state index contributed by atoms with van der Waals surface area (Å²) in [5, 5.41) is 19.0. The van der Waals surface area contributed by atoms with Crippen molar-refractivity contribution in [2.75, 3.05) is 0 Å². The van der Waals surface area contributed by atoms with Gasteiger partial charge in [0.05, 0.1) is 18.6 Å². The van der Waals surface area contributed by atoms with Gasteiger partial charge >= 0.3 is 0 Å². The largest absolute Gasteiger partial charge is 0.461 e. The third-order valence-electron chi connectivity index (χ3n) is 2.73. The van der Waals surface area contributed by atoms with E-state index >= 15 is 0 Å². The summed E-state index contributed by atoms with van der Waals surface area (Å²) in [6.45, 7) is 1.77. The lowest BCUT2D eigenvalue weighted by Crippen LogP contribution is -1.95. The summed E-state index contributed by atoms with van der Waals surface area (Å²) < 4.78 is 5.60. The van der Waals surface area contributed by atoms with E-state index in [0.717, 1.165) is 5.56 Å². The topological polar surface area (TPSA) is 57.2 Å². The molecule has 1 aromatic carbocycles. The Labute approximate surface area is 110 Å². The number of aliphatic hydroxyl groups excluding tert-OH is 1. The van der Waals surface area contributed by atoms with E-state index in [2.05, 4.69) is 0 Å². The number of nitriles is 1. The van der Waals surface area contributed by atoms with Crippen molar-refractivity contribution in [3.8, 4) is 17.4 Å². The standard InChI is InChI=1S/C14H12ClNO2/c1-9-12(13(17)6-7-16)8-14(18-9)10-2-4-11(15)5-3-10/h2-5,8,13,17H,6H2,1H3. The maximum absolute atomic E-state index is 9.80. The Morgan fingerprint density at radius 1 is 1.39 bits per heavy atom. The number of aliphatic hydroxyl groups is 1. The summed E-state index contributed by atoms with van der Waals surface area (Å²) in [5.41, 5.74) is 1.54. The van der Waals surface area contributed by atoms with Crippen molar-refractivity contribution >= 4 is 11.6 Å². The number of hydrogen-bond acceptors (Lipinski definition) is 3. The van der Waals surface area contributed by atoms with Gasteiger partial charge in [-0.2, -0.15) is 5.26 Å². The molecule has 0 fully saturated rings. The Kier molecular flexibility index (Phi) is 3.71. The van der Waals surface area contributed by atoms with Crippen LogP contribution in [0.1, 0.15) is 23.8 Å². The van der Waals surface area contributed by atoms with Gasteiger partial charge in [-0.1, -0.05) is 11.6 Å². The summed E-state index contributed by atoms with van der Waals surface area (Å²) in [4.78, 5) is 0. The van der Waals surface area contributed by atoms with Crippen LogP contribution in [0.2, 0.25) is 5.02 Å². The average Bonchev–Trinajstić information content (AvgIpc) is 2.72. The summed E-state index contributed by atoms with van der Waals surface area (Å²) in [6, 6.07) is 11.0. The van der Waals surface area contributed by atoms with Crippen LogP contribution in [0.3, 0.4) is 0 Å². The Morgan fingerprint density at radius 2 is 2.06 bits per heavy atom. The van der Waals surface area contributed by atoms with Gasteiger partial charge in [0.1, 0.15) is 11.5 Å². The predicted octanol–water partition coefficient (Wildman–Crippen LogP) is 3.86. The van der Waals surface area contributed by atoms with Crippen molar-refractivity contribution in [1.82, 2.24) is 0 Å². The molecule has 1 aromatic heterocycles. The molecule has 2 aromatic rings. The number of furan rings is 1. The van der Waals surface area contributed by atoms with Crippen molar-refractivity contribution < 1.29 is 9.52 Å². The van der Waals surface area contributed by atoms with Crippen molar-refractivity contribution in [1.29, 1.82) is 5.26 Å². The van der Waals surface area contributed by atoms with E-state index in [4.69, 9.17) is 21.3 Å². The zero-order valence-electron chi connectivity index (χ0n) is 9.85. The summed E-state index contributed by atoms with van der Waals surface area (Å²) in [7, 11) is 0. The highest BCUT2D eigenvalue weighted by atomic mass is 35.5. The molecule has 1 heterocycles. The number of halogens is 1. The molecule has 0 aliphatic carbocycles. The van der Waals surface area contributed by atoms with E-state index in [-0.39, 0.29) is 6.42 Å². The van der Waals surface area contributed by atoms with E-state index in [1.54, 1.807) is 25.1 Å². The monoisotopic (exact) mass is 261 g/mol. The van der Waals surface area contributed by atoms with Gasteiger partial charge in [-0.15, -0.1) is 0 Å². The van der Waals surface area contributed by atoms with Crippen molar-refractivity contribution in [3.05, 3.63) is 46.7 Å². The second kappa shape index (κ2) is 5.26. The Bertz CT molecular complexity index is 581. The fourth-order valence-electron chi connectivity index (χ4n) is 1.78. The van der Waals surface area contributed by atoms with E-state index in [1.807, 2.05) is 18.2 Å². The summed E-state index contributed by atoms with van der Waals surface area (Å²) in [5.74, 6) is 1.29. The van der Waals surface area contributed by atoms with Crippen LogP contribution in [0.25, 0.3) is 11.3 Å². The van der Waals surface area contributed by atoms with E-state index in [0.29, 0.717) is 22.1 Å². The number of nitrogens with zero attached hydrogens (tertiary/aromatic N) is 1. The molecule has 1 N–H and O–H groups in total. The highest BCUT2D eigenvalue weighted by Gasteiger charge is 2.16. The SMILES string of the molecule is Cc1oc(-c2ccc(Cl)cc2)cc1C(O)CC#N. The van der Waals surface area contributed by atoms with Crippen molar-refractivity contribution in [2.45, 2.75) is 19.4 Å². The number of rotatable bonds is 3. The van der Waals surface area contributed by atoms with Crippen LogP contribution >= 0.6 is 11.6 Å². The minimum Gasteiger partial charge on any atom is -0.461 e. The molecule has 0 amide bonds. The molecule has 2 rings (SSSR count). The molecule has 0 aliphatic heterocycles. The molecular formula is C14H12ClNO2. The first-order chi connectivity index (χ1) is 8.61. The summed E-state index contributed by atoms with van der Waals surface area (Å²) in [6.07, 6.45) is -0.750. The minimum absolute atomic E-state index is 0.0560. The van der Waals surface area contributed by atoms with Crippen LogP contribution < -0.4 is 0 Å². The molecule has 0 saturated carbocycles. The molecule has 0 saturated heterocycles. The van der Waals surface area contributed by atoms with Gasteiger partial charge in [0.15, 0.2) is 0 Å². The van der Waals surface area contributed by atoms with Crippen LogP contribution in [-0.2, 0) is 0 Å². The third-order valence-corrected chi connectivity index (χ3v) is 2.98. The van der Waals surface area contributed by atoms with Crippen LogP contribution in [0.5, 0.6) is 0 Å². The van der Waals surface area contributed by atoms with Gasteiger partial charge < -0.3 is 9.52 Å². The fraction of sp³-hybridized carbons (Fsp3) is 0.214. The molecule has 0 spiro atoms. The van der Waals surface area contributed by atoms with E-state index < -0.39 is 6.10 Å². The van der Waals surface area contributed by atoms with Crippen molar-refractivity contribution in [2.24, 2.45) is 0 Å². The first-order valence-electron chi connectivity index (χ1n) is 5.53. The molecule has 4 heteroatoms. The quantitative estimate of drug-likeness (QED) is 0.913. The average molecular weight is 262 g/mol. The van der Waals surface area contributed by atoms with Crippen LogP contribution in [0.4, 0.5) is 0 Å². The normalized spacial score (nSPS) is 12.1. The highest BCUT2D eigenvalue weighted by molar-refractivity contribution is 6.30. The fourth-order valence-corrected chi connectivity index (χ4v) is 1.91. The maximum atomic E-state index is 9.80. The molecule has 0 aliphatic rings. The molecule has 92 valence electrons. The smallest absolute Gasteiger partial charge is 0.134 e. The lowest BCUT2D eigenvalue weighted by Gasteiger charge is -2.02. The zero-order valence-corrected chi connectivity index (χ0v) is 10.6. The second-order valence-corrected chi connectivity index (χ2v) is 4.44. The lowest BCUT2D eigenvalue weighted by atomic mass is 10.1. The van der Waals surface area contributed by atoms with Crippen LogP contribution in [0.15, 0.2) is 34.7 Å². The second-order valence-electron chi connectivity index (χ2n) is 4.01. The first-order valence-corrected chi connectivity index (χ1v) is 5.91. The van der Waals surface area contributed by atoms with Crippen molar-refractivity contribution in [3.63, 3.8) is 0 Å².